The summed E-state index contributed by atoms with van der Waals surface area (Å²) in [4.78, 5) is 25.5. The van der Waals surface area contributed by atoms with E-state index in [0.717, 1.165) is 11.1 Å². The first-order valence-electron chi connectivity index (χ1n) is 11.5. The summed E-state index contributed by atoms with van der Waals surface area (Å²) in [6, 6.07) is 21.9. The molecule has 1 aliphatic rings. The zero-order valence-corrected chi connectivity index (χ0v) is 20.4. The second-order valence-corrected chi connectivity index (χ2v) is 10.2. The Balaban J connectivity index is 1.81. The number of benzene rings is 3. The number of hydrogen-bond donors (Lipinski definition) is 0. The molecule has 180 valence electrons. The molecule has 0 N–H and O–H groups in total. The van der Waals surface area contributed by atoms with Crippen molar-refractivity contribution in [1.29, 1.82) is 0 Å². The van der Waals surface area contributed by atoms with Crippen LogP contribution in [0.25, 0.3) is 0 Å². The van der Waals surface area contributed by atoms with Crippen molar-refractivity contribution in [2.75, 3.05) is 10.9 Å². The minimum atomic E-state index is -3.99. The number of esters is 1. The van der Waals surface area contributed by atoms with Gasteiger partial charge in [0, 0.05) is 24.0 Å². The van der Waals surface area contributed by atoms with E-state index < -0.39 is 28.0 Å². The Morgan fingerprint density at radius 3 is 2.29 bits per heavy atom. The van der Waals surface area contributed by atoms with Crippen LogP contribution in [0.2, 0.25) is 0 Å². The maximum absolute atomic E-state index is 13.9. The first kappa shape index (κ1) is 24.4. The van der Waals surface area contributed by atoms with Crippen molar-refractivity contribution in [2.45, 2.75) is 37.1 Å². The van der Waals surface area contributed by atoms with Crippen molar-refractivity contribution >= 4 is 27.5 Å². The van der Waals surface area contributed by atoms with Crippen molar-refractivity contribution in [1.82, 2.24) is 0 Å². The first-order chi connectivity index (χ1) is 16.8. The van der Waals surface area contributed by atoms with Crippen molar-refractivity contribution in [3.63, 3.8) is 0 Å². The van der Waals surface area contributed by atoms with E-state index in [1.807, 2.05) is 25.1 Å². The Kier molecular flexibility index (Phi) is 7.17. The van der Waals surface area contributed by atoms with E-state index in [9.17, 15) is 18.0 Å². The summed E-state index contributed by atoms with van der Waals surface area (Å²) in [6.07, 6.45) is 2.86. The lowest BCUT2D eigenvalue weighted by Crippen LogP contribution is -2.38. The van der Waals surface area contributed by atoms with E-state index in [1.165, 1.54) is 16.5 Å². The number of nitrogens with zero attached hydrogens (tertiary/aromatic N) is 1. The predicted molar refractivity (Wildman–Crippen MR) is 135 cm³/mol. The second-order valence-electron chi connectivity index (χ2n) is 8.37. The highest BCUT2D eigenvalue weighted by Crippen LogP contribution is 2.46. The van der Waals surface area contributed by atoms with Gasteiger partial charge in [-0.3, -0.25) is 9.10 Å². The number of carbonyl (C=O) groups is 2. The fraction of sp³-hybridized carbons (Fsp3) is 0.214. The number of ketones is 1. The van der Waals surface area contributed by atoms with Gasteiger partial charge in [-0.2, -0.15) is 0 Å². The Morgan fingerprint density at radius 2 is 1.60 bits per heavy atom. The minimum absolute atomic E-state index is 0.0821. The number of hydrogen-bond acceptors (Lipinski definition) is 5. The maximum atomic E-state index is 13.9. The largest absolute Gasteiger partial charge is 0.463 e. The summed E-state index contributed by atoms with van der Waals surface area (Å²) >= 11 is 0. The van der Waals surface area contributed by atoms with Crippen molar-refractivity contribution in [3.8, 4) is 0 Å². The van der Waals surface area contributed by atoms with E-state index in [0.29, 0.717) is 11.3 Å². The van der Waals surface area contributed by atoms with Crippen LogP contribution in [0.1, 0.15) is 40.7 Å². The highest BCUT2D eigenvalue weighted by atomic mass is 32.2. The molecule has 0 saturated carbocycles. The van der Waals surface area contributed by atoms with E-state index in [2.05, 4.69) is 0 Å². The van der Waals surface area contributed by atoms with Gasteiger partial charge in [0.15, 0.2) is 5.78 Å². The minimum Gasteiger partial charge on any atom is -0.463 e. The summed E-state index contributed by atoms with van der Waals surface area (Å²) in [5.41, 5.74) is 2.73. The van der Waals surface area contributed by atoms with Gasteiger partial charge in [0.1, 0.15) is 0 Å². The average Bonchev–Trinajstić information content (AvgIpc) is 3.17. The van der Waals surface area contributed by atoms with Crippen LogP contribution in [0, 0.1) is 6.92 Å². The highest BCUT2D eigenvalue weighted by molar-refractivity contribution is 7.93. The van der Waals surface area contributed by atoms with Crippen LogP contribution < -0.4 is 4.31 Å². The fourth-order valence-electron chi connectivity index (χ4n) is 4.38. The zero-order chi connectivity index (χ0) is 25.0. The molecule has 0 radical (unpaired) electrons. The summed E-state index contributed by atoms with van der Waals surface area (Å²) in [5.74, 6) is -1.15. The number of para-hydroxylation sites is 1. The normalized spacial score (nSPS) is 17.4. The van der Waals surface area contributed by atoms with Gasteiger partial charge < -0.3 is 4.74 Å². The number of ether oxygens (including phenoxy) is 1. The standard InChI is InChI=1S/C28H27NO5S/c1-3-34-28(31)18-17-26-24(19-27(30)21-9-5-4-6-10-21)23-11-7-8-12-25(23)29(26)35(32,33)22-15-13-20(2)14-16-22/h4-18,24,26H,3,19H2,1-2H3/b18-17+/t24-,26+/m1/s1. The quantitative estimate of drug-likeness (QED) is 0.251. The van der Waals surface area contributed by atoms with E-state index in [4.69, 9.17) is 4.74 Å². The lowest BCUT2D eigenvalue weighted by atomic mass is 9.88. The van der Waals surface area contributed by atoms with Crippen LogP contribution in [0.5, 0.6) is 0 Å². The van der Waals surface area contributed by atoms with Gasteiger partial charge in [0.25, 0.3) is 10.0 Å². The molecule has 0 aromatic heterocycles. The molecule has 3 aromatic carbocycles. The van der Waals surface area contributed by atoms with Crippen LogP contribution in [0.4, 0.5) is 5.69 Å². The average molecular weight is 490 g/mol. The number of fused-ring (bicyclic) bond motifs is 1. The first-order valence-corrected chi connectivity index (χ1v) is 12.9. The fourth-order valence-corrected chi connectivity index (χ4v) is 6.05. The molecule has 0 saturated heterocycles. The summed E-state index contributed by atoms with van der Waals surface area (Å²) in [7, 11) is -3.99. The molecular formula is C28H27NO5S. The molecular weight excluding hydrogens is 462 g/mol. The number of carbonyl (C=O) groups excluding carboxylic acids is 2. The van der Waals surface area contributed by atoms with Gasteiger partial charge in [-0.15, -0.1) is 0 Å². The van der Waals surface area contributed by atoms with E-state index >= 15 is 0 Å². The van der Waals surface area contributed by atoms with Crippen LogP contribution >= 0.6 is 0 Å². The number of rotatable bonds is 8. The molecule has 4 rings (SSSR count). The number of sulfonamides is 1. The molecule has 0 amide bonds. The third-order valence-corrected chi connectivity index (χ3v) is 7.88. The Hall–Kier alpha value is -3.71. The Morgan fingerprint density at radius 1 is 0.943 bits per heavy atom. The molecule has 7 heteroatoms. The zero-order valence-electron chi connectivity index (χ0n) is 19.6. The SMILES string of the molecule is CCOC(=O)/C=C/[C@H]1[C@H](CC(=O)c2ccccc2)c2ccccc2N1S(=O)(=O)c1ccc(C)cc1. The molecule has 6 nitrogen and oxygen atoms in total. The lowest BCUT2D eigenvalue weighted by Gasteiger charge is -2.27. The van der Waals surface area contributed by atoms with Gasteiger partial charge in [0.05, 0.1) is 23.2 Å². The van der Waals surface area contributed by atoms with Crippen LogP contribution in [-0.2, 0) is 19.6 Å². The molecule has 2 atom stereocenters. The van der Waals surface area contributed by atoms with Gasteiger partial charge in [-0.1, -0.05) is 72.3 Å². The lowest BCUT2D eigenvalue weighted by molar-refractivity contribution is -0.137. The predicted octanol–water partition coefficient (Wildman–Crippen LogP) is 5.05. The van der Waals surface area contributed by atoms with Gasteiger partial charge in [0.2, 0.25) is 0 Å². The van der Waals surface area contributed by atoms with Gasteiger partial charge in [-0.25, -0.2) is 13.2 Å². The maximum Gasteiger partial charge on any atom is 0.330 e. The smallest absolute Gasteiger partial charge is 0.330 e. The summed E-state index contributed by atoms with van der Waals surface area (Å²) < 4.78 is 34.1. The number of aryl methyl sites for hydroxylation is 1. The number of Topliss-reactive ketones (excluding diaryl/α,β-unsaturated/α-hetero) is 1. The van der Waals surface area contributed by atoms with Crippen molar-refractivity contribution < 1.29 is 22.7 Å². The molecule has 1 aliphatic heterocycles. The monoisotopic (exact) mass is 489 g/mol. The van der Waals surface area contributed by atoms with E-state index in [-0.39, 0.29) is 23.7 Å². The topological polar surface area (TPSA) is 80.8 Å². The van der Waals surface area contributed by atoms with Crippen molar-refractivity contribution in [3.05, 3.63) is 108 Å². The molecule has 0 spiro atoms. The molecule has 1 heterocycles. The molecule has 3 aromatic rings. The number of anilines is 1. The Bertz CT molecular complexity index is 1350. The van der Waals surface area contributed by atoms with Crippen LogP contribution in [0.3, 0.4) is 0 Å². The Labute approximate surface area is 205 Å². The highest BCUT2D eigenvalue weighted by Gasteiger charge is 2.44. The van der Waals surface area contributed by atoms with Gasteiger partial charge >= 0.3 is 5.97 Å². The molecule has 35 heavy (non-hydrogen) atoms. The van der Waals surface area contributed by atoms with Gasteiger partial charge in [-0.05, 0) is 37.6 Å². The molecule has 0 unspecified atom stereocenters. The summed E-state index contributed by atoms with van der Waals surface area (Å²) in [6.45, 7) is 3.79. The third kappa shape index (κ3) is 5.05. The third-order valence-electron chi connectivity index (χ3n) is 6.05. The molecule has 0 fully saturated rings. The van der Waals surface area contributed by atoms with Crippen molar-refractivity contribution in [2.24, 2.45) is 0 Å². The molecule has 0 bridgehead atoms. The summed E-state index contributed by atoms with van der Waals surface area (Å²) in [5, 5.41) is 0. The second kappa shape index (κ2) is 10.3. The van der Waals surface area contributed by atoms with E-state index in [1.54, 1.807) is 67.6 Å². The molecule has 0 aliphatic carbocycles. The van der Waals surface area contributed by atoms with Crippen LogP contribution in [-0.4, -0.2) is 32.8 Å². The van der Waals surface area contributed by atoms with Crippen LogP contribution in [0.15, 0.2) is 95.9 Å².